The molecule has 3 aromatic rings. The summed E-state index contributed by atoms with van der Waals surface area (Å²) in [4.78, 5) is 21.7. The van der Waals surface area contributed by atoms with E-state index in [9.17, 15) is 22.4 Å². The molecule has 44 heavy (non-hydrogen) atoms. The molecule has 1 fully saturated rings. The third kappa shape index (κ3) is 9.33. The zero-order valence-electron chi connectivity index (χ0n) is 25.7. The molecule has 0 amide bonds. The summed E-state index contributed by atoms with van der Waals surface area (Å²) < 4.78 is 62.5. The van der Waals surface area contributed by atoms with Crippen LogP contribution in [0.5, 0.6) is 5.75 Å². The van der Waals surface area contributed by atoms with Crippen molar-refractivity contribution in [2.75, 3.05) is 55.5 Å². The van der Waals surface area contributed by atoms with Gasteiger partial charge in [0.2, 0.25) is 5.95 Å². The van der Waals surface area contributed by atoms with Crippen molar-refractivity contribution in [3.63, 3.8) is 0 Å². The number of piperidine rings is 1. The van der Waals surface area contributed by atoms with E-state index in [1.807, 2.05) is 42.7 Å². The smallest absolute Gasteiger partial charge is 0.421 e. The maximum Gasteiger partial charge on any atom is 0.421 e. The molecule has 2 aromatic carbocycles. The Morgan fingerprint density at radius 2 is 1.89 bits per heavy atom. The number of hydrogen-bond acceptors (Lipinski definition) is 9. The normalized spacial score (nSPS) is 13.5. The number of methoxy groups -OCH3 is 1. The van der Waals surface area contributed by atoms with Crippen LogP contribution in [0.15, 0.2) is 48.7 Å². The maximum atomic E-state index is 14.4. The lowest BCUT2D eigenvalue weighted by molar-refractivity contribution is -0.137. The molecule has 2 N–H and O–H groups in total. The molecule has 13 heteroatoms. The standard InChI is InChI=1S/C24H25F4N5O2S.C7H13N/c1-13-6-7-15(20(8-13)33(3)36-5)11-29-22-17(24(26,27)28)12-30-23(32-22)31-19-10-18(25)16(14(2)34)9-21(19)35-4;1-7-3-5-8(2)6-4-7/h6-10,12H,11H2,1-5H3,(H2,29,30,31,32);1,3-6H2,2H3. The lowest BCUT2D eigenvalue weighted by atomic mass is 10.1. The van der Waals surface area contributed by atoms with Crippen LogP contribution in [-0.2, 0) is 12.7 Å². The molecular weight excluding hydrogens is 596 g/mol. The summed E-state index contributed by atoms with van der Waals surface area (Å²) in [5.41, 5.74) is 2.86. The molecule has 0 radical (unpaired) electrons. The molecule has 238 valence electrons. The summed E-state index contributed by atoms with van der Waals surface area (Å²) in [6.45, 7) is 9.53. The highest BCUT2D eigenvalue weighted by atomic mass is 32.2. The fourth-order valence-electron chi connectivity index (χ4n) is 4.32. The van der Waals surface area contributed by atoms with E-state index in [4.69, 9.17) is 4.74 Å². The van der Waals surface area contributed by atoms with Gasteiger partial charge in [-0.05, 0) is 57.0 Å². The van der Waals surface area contributed by atoms with Crippen molar-refractivity contribution in [1.29, 1.82) is 0 Å². The van der Waals surface area contributed by atoms with Gasteiger partial charge in [-0.25, -0.2) is 9.37 Å². The van der Waals surface area contributed by atoms with Crippen LogP contribution in [-0.4, -0.2) is 61.2 Å². The number of carbonyl (C=O) groups is 1. The van der Waals surface area contributed by atoms with E-state index in [1.165, 1.54) is 63.6 Å². The van der Waals surface area contributed by atoms with Crippen LogP contribution in [0.1, 0.15) is 46.8 Å². The van der Waals surface area contributed by atoms with Crippen molar-refractivity contribution in [3.05, 3.63) is 76.8 Å². The van der Waals surface area contributed by atoms with Crippen molar-refractivity contribution in [1.82, 2.24) is 14.9 Å². The van der Waals surface area contributed by atoms with Crippen LogP contribution >= 0.6 is 11.9 Å². The number of aryl methyl sites for hydroxylation is 1. The number of carbonyl (C=O) groups excluding carboxylic acids is 1. The number of hydrogen-bond donors (Lipinski definition) is 2. The van der Waals surface area contributed by atoms with E-state index in [0.717, 1.165) is 22.9 Å². The fourth-order valence-corrected chi connectivity index (χ4v) is 4.69. The van der Waals surface area contributed by atoms with Crippen molar-refractivity contribution in [2.24, 2.45) is 0 Å². The monoisotopic (exact) mass is 634 g/mol. The van der Waals surface area contributed by atoms with Crippen molar-refractivity contribution < 1.29 is 27.1 Å². The first-order valence-electron chi connectivity index (χ1n) is 13.8. The summed E-state index contributed by atoms with van der Waals surface area (Å²) >= 11 is 1.47. The minimum Gasteiger partial charge on any atom is -0.495 e. The lowest BCUT2D eigenvalue weighted by Gasteiger charge is -2.22. The minimum atomic E-state index is -4.71. The van der Waals surface area contributed by atoms with Gasteiger partial charge < -0.3 is 24.6 Å². The highest BCUT2D eigenvalue weighted by molar-refractivity contribution is 7.99. The number of halogens is 4. The van der Waals surface area contributed by atoms with Gasteiger partial charge in [0.1, 0.15) is 22.9 Å². The quantitative estimate of drug-likeness (QED) is 0.108. The van der Waals surface area contributed by atoms with Gasteiger partial charge in [0, 0.05) is 45.2 Å². The van der Waals surface area contributed by atoms with Gasteiger partial charge in [0.25, 0.3) is 0 Å². The Morgan fingerprint density at radius 3 is 2.45 bits per heavy atom. The first kappa shape index (κ1) is 34.6. The summed E-state index contributed by atoms with van der Waals surface area (Å²) in [6.07, 6.45) is 0.241. The first-order chi connectivity index (χ1) is 20.7. The molecule has 1 aliphatic heterocycles. The average molecular weight is 635 g/mol. The fraction of sp³-hybridized carbons (Fsp3) is 0.387. The Labute approximate surface area is 260 Å². The molecule has 0 bridgehead atoms. The van der Waals surface area contributed by atoms with E-state index < -0.39 is 29.2 Å². The third-order valence-corrected chi connectivity index (χ3v) is 7.75. The number of likely N-dealkylation sites (tertiary alicyclic amines) is 1. The number of Topliss-reactive ketones (excluding diaryl/α,β-unsaturated/α-hetero) is 1. The van der Waals surface area contributed by atoms with Crippen molar-refractivity contribution >= 4 is 40.9 Å². The Hall–Kier alpha value is -3.84. The van der Waals surface area contributed by atoms with Crippen LogP contribution in [0.4, 0.5) is 40.7 Å². The second-order valence-corrected chi connectivity index (χ2v) is 11.3. The van der Waals surface area contributed by atoms with Gasteiger partial charge in [0.15, 0.2) is 5.78 Å². The second kappa shape index (κ2) is 15.2. The van der Waals surface area contributed by atoms with Gasteiger partial charge >= 0.3 is 6.18 Å². The van der Waals surface area contributed by atoms with Crippen LogP contribution < -0.4 is 19.7 Å². The van der Waals surface area contributed by atoms with E-state index >= 15 is 0 Å². The molecule has 0 aliphatic carbocycles. The maximum absolute atomic E-state index is 14.4. The molecule has 8 nitrogen and oxygen atoms in total. The van der Waals surface area contributed by atoms with E-state index in [-0.39, 0.29) is 29.5 Å². The third-order valence-electron chi connectivity index (χ3n) is 7.00. The molecule has 0 atom stereocenters. The molecule has 1 aliphatic rings. The molecule has 4 rings (SSSR count). The molecule has 0 saturated carbocycles. The largest absolute Gasteiger partial charge is 0.495 e. The van der Waals surface area contributed by atoms with Crippen LogP contribution in [0.25, 0.3) is 0 Å². The Morgan fingerprint density at radius 1 is 1.20 bits per heavy atom. The van der Waals surface area contributed by atoms with Crippen molar-refractivity contribution in [3.8, 4) is 5.75 Å². The highest BCUT2D eigenvalue weighted by Gasteiger charge is 2.35. The Bertz CT molecular complexity index is 1470. The highest BCUT2D eigenvalue weighted by Crippen LogP contribution is 2.36. The number of aromatic nitrogens is 2. The molecule has 2 heterocycles. The summed E-state index contributed by atoms with van der Waals surface area (Å²) in [6, 6.07) is 7.85. The molecule has 0 unspecified atom stereocenters. The molecular formula is C31H38F4N6O2S. The molecule has 0 spiro atoms. The number of nitrogens with one attached hydrogen (secondary N) is 2. The molecule has 1 aromatic heterocycles. The summed E-state index contributed by atoms with van der Waals surface area (Å²) in [7, 11) is 5.33. The number of anilines is 4. The zero-order chi connectivity index (χ0) is 32.6. The number of nitrogens with zero attached hydrogens (tertiary/aromatic N) is 4. The summed E-state index contributed by atoms with van der Waals surface area (Å²) in [5.74, 6) is -1.88. The van der Waals surface area contributed by atoms with Crippen LogP contribution in [0.3, 0.4) is 0 Å². The van der Waals surface area contributed by atoms with Gasteiger partial charge in [0.05, 0.1) is 24.0 Å². The predicted octanol–water partition coefficient (Wildman–Crippen LogP) is 7.49. The van der Waals surface area contributed by atoms with Gasteiger partial charge in [-0.15, -0.1) is 0 Å². The number of benzene rings is 2. The minimum absolute atomic E-state index is 0.0492. The van der Waals surface area contributed by atoms with E-state index in [2.05, 4.69) is 39.1 Å². The Kier molecular flexibility index (Phi) is 12.0. The van der Waals surface area contributed by atoms with E-state index in [1.54, 1.807) is 0 Å². The van der Waals surface area contributed by atoms with Crippen LogP contribution in [0, 0.1) is 12.7 Å². The number of alkyl halides is 3. The second-order valence-electron chi connectivity index (χ2n) is 10.4. The number of ketones is 1. The predicted molar refractivity (Wildman–Crippen MR) is 170 cm³/mol. The Balaban J connectivity index is 0.000000572. The average Bonchev–Trinajstić information content (AvgIpc) is 2.97. The van der Waals surface area contributed by atoms with Gasteiger partial charge in [-0.1, -0.05) is 36.2 Å². The lowest BCUT2D eigenvalue weighted by Crippen LogP contribution is -2.25. The number of rotatable bonds is 9. The van der Waals surface area contributed by atoms with E-state index in [0.29, 0.717) is 6.20 Å². The van der Waals surface area contributed by atoms with Gasteiger partial charge in [-0.3, -0.25) is 4.79 Å². The van der Waals surface area contributed by atoms with Gasteiger partial charge in [-0.2, -0.15) is 18.2 Å². The SMILES string of the molecule is C=C1CCN(C)CC1.COc1cc(C(C)=O)c(F)cc1Nc1ncc(C(F)(F)F)c(NCc2ccc(C)cc2N(C)SC)n1. The summed E-state index contributed by atoms with van der Waals surface area (Å²) in [5, 5.41) is 5.44. The zero-order valence-corrected chi connectivity index (χ0v) is 26.5. The van der Waals surface area contributed by atoms with Crippen molar-refractivity contribution in [2.45, 2.75) is 39.4 Å². The molecule has 1 saturated heterocycles. The topological polar surface area (TPSA) is 82.6 Å². The first-order valence-corrected chi connectivity index (χ1v) is 15.0. The van der Waals surface area contributed by atoms with Crippen LogP contribution in [0.2, 0.25) is 0 Å². The number of ether oxygens (including phenoxy) is 1.